The Morgan fingerprint density at radius 1 is 1.33 bits per heavy atom. The molecule has 0 atom stereocenters. The standard InChI is InChI=1S/C14H11BrN2O3S/c15-10-4-1-9(2-5-10)3-6-12(18)17-14-16-11(8-21-14)7-13(19)20/h1-6,8H,7H2,(H,19,20)(H,16,17,18)/b6-3+. The second-order valence-corrected chi connectivity index (χ2v) is 5.86. The fourth-order valence-corrected chi connectivity index (χ4v) is 2.47. The number of rotatable bonds is 5. The van der Waals surface area contributed by atoms with Crippen molar-refractivity contribution in [2.24, 2.45) is 0 Å². The van der Waals surface area contributed by atoms with E-state index in [1.54, 1.807) is 11.5 Å². The van der Waals surface area contributed by atoms with E-state index in [4.69, 9.17) is 5.11 Å². The molecule has 0 unspecified atom stereocenters. The molecular weight excluding hydrogens is 356 g/mol. The lowest BCUT2D eigenvalue weighted by molar-refractivity contribution is -0.136. The molecule has 0 aliphatic heterocycles. The Balaban J connectivity index is 1.93. The fourth-order valence-electron chi connectivity index (χ4n) is 1.49. The highest BCUT2D eigenvalue weighted by Gasteiger charge is 2.07. The van der Waals surface area contributed by atoms with Gasteiger partial charge in [-0.2, -0.15) is 0 Å². The summed E-state index contributed by atoms with van der Waals surface area (Å²) in [5, 5.41) is 13.2. The monoisotopic (exact) mass is 366 g/mol. The Bertz CT molecular complexity index is 680. The number of carboxylic acids is 1. The van der Waals surface area contributed by atoms with Gasteiger partial charge in [0.05, 0.1) is 12.1 Å². The minimum Gasteiger partial charge on any atom is -0.481 e. The van der Waals surface area contributed by atoms with Crippen molar-refractivity contribution in [3.8, 4) is 0 Å². The maximum atomic E-state index is 11.7. The molecule has 0 radical (unpaired) electrons. The van der Waals surface area contributed by atoms with Gasteiger partial charge in [0.25, 0.3) is 0 Å². The van der Waals surface area contributed by atoms with Crippen molar-refractivity contribution in [1.29, 1.82) is 0 Å². The molecule has 0 spiro atoms. The molecule has 0 saturated heterocycles. The number of carbonyl (C=O) groups excluding carboxylic acids is 1. The largest absolute Gasteiger partial charge is 0.481 e. The maximum Gasteiger partial charge on any atom is 0.309 e. The van der Waals surface area contributed by atoms with Crippen molar-refractivity contribution in [1.82, 2.24) is 4.98 Å². The van der Waals surface area contributed by atoms with E-state index in [-0.39, 0.29) is 12.3 Å². The number of carboxylic acid groups (broad SMARTS) is 1. The number of anilines is 1. The lowest BCUT2D eigenvalue weighted by atomic mass is 10.2. The lowest BCUT2D eigenvalue weighted by Gasteiger charge is -1.96. The van der Waals surface area contributed by atoms with Crippen molar-refractivity contribution in [2.45, 2.75) is 6.42 Å². The number of halogens is 1. The molecule has 0 aliphatic carbocycles. The van der Waals surface area contributed by atoms with Crippen LogP contribution in [0.3, 0.4) is 0 Å². The van der Waals surface area contributed by atoms with E-state index in [9.17, 15) is 9.59 Å². The molecular formula is C14H11BrN2O3S. The number of hydrogen-bond acceptors (Lipinski definition) is 4. The van der Waals surface area contributed by atoms with Crippen LogP contribution in [-0.2, 0) is 16.0 Å². The highest BCUT2D eigenvalue weighted by molar-refractivity contribution is 9.10. The van der Waals surface area contributed by atoms with Gasteiger partial charge >= 0.3 is 5.97 Å². The first-order valence-corrected chi connectivity index (χ1v) is 7.61. The molecule has 0 bridgehead atoms. The first-order chi connectivity index (χ1) is 10.0. The van der Waals surface area contributed by atoms with Crippen LogP contribution in [0.1, 0.15) is 11.3 Å². The Hall–Kier alpha value is -1.99. The summed E-state index contributed by atoms with van der Waals surface area (Å²) in [6, 6.07) is 7.53. The Morgan fingerprint density at radius 3 is 2.71 bits per heavy atom. The van der Waals surface area contributed by atoms with Crippen molar-refractivity contribution in [2.75, 3.05) is 5.32 Å². The average Bonchev–Trinajstić information content (AvgIpc) is 2.84. The van der Waals surface area contributed by atoms with Gasteiger partial charge in [0.15, 0.2) is 5.13 Å². The molecule has 1 aromatic carbocycles. The number of aromatic nitrogens is 1. The highest BCUT2D eigenvalue weighted by Crippen LogP contribution is 2.16. The van der Waals surface area contributed by atoms with Crippen LogP contribution < -0.4 is 5.32 Å². The van der Waals surface area contributed by atoms with Crippen LogP contribution in [0.4, 0.5) is 5.13 Å². The molecule has 1 amide bonds. The molecule has 2 rings (SSSR count). The van der Waals surface area contributed by atoms with Crippen LogP contribution in [0.5, 0.6) is 0 Å². The maximum absolute atomic E-state index is 11.7. The average molecular weight is 367 g/mol. The van der Waals surface area contributed by atoms with Gasteiger partial charge in [0.1, 0.15) is 0 Å². The van der Waals surface area contributed by atoms with Crippen LogP contribution in [0.25, 0.3) is 6.08 Å². The van der Waals surface area contributed by atoms with Crippen molar-refractivity contribution >= 4 is 50.4 Å². The van der Waals surface area contributed by atoms with E-state index in [1.165, 1.54) is 17.4 Å². The van der Waals surface area contributed by atoms with E-state index >= 15 is 0 Å². The summed E-state index contributed by atoms with van der Waals surface area (Å²) in [6.45, 7) is 0. The number of nitrogens with zero attached hydrogens (tertiary/aromatic N) is 1. The SMILES string of the molecule is O=C(O)Cc1csc(NC(=O)/C=C/c2ccc(Br)cc2)n1. The highest BCUT2D eigenvalue weighted by atomic mass is 79.9. The third-order valence-corrected chi connectivity index (χ3v) is 3.75. The summed E-state index contributed by atoms with van der Waals surface area (Å²) in [5.74, 6) is -1.26. The van der Waals surface area contributed by atoms with Gasteiger partial charge in [-0.15, -0.1) is 11.3 Å². The molecule has 5 nitrogen and oxygen atoms in total. The number of benzene rings is 1. The van der Waals surface area contributed by atoms with E-state index in [0.717, 1.165) is 10.0 Å². The number of amides is 1. The second-order valence-electron chi connectivity index (χ2n) is 4.09. The van der Waals surface area contributed by atoms with Crippen LogP contribution >= 0.6 is 27.3 Å². The van der Waals surface area contributed by atoms with Gasteiger partial charge in [-0.05, 0) is 23.8 Å². The predicted octanol–water partition coefficient (Wildman–Crippen LogP) is 3.18. The predicted molar refractivity (Wildman–Crippen MR) is 85.3 cm³/mol. The summed E-state index contributed by atoms with van der Waals surface area (Å²) in [7, 11) is 0. The van der Waals surface area contributed by atoms with E-state index < -0.39 is 5.97 Å². The molecule has 108 valence electrons. The number of thiazole rings is 1. The summed E-state index contributed by atoms with van der Waals surface area (Å²) in [5.41, 5.74) is 1.33. The van der Waals surface area contributed by atoms with Gasteiger partial charge in [0.2, 0.25) is 5.91 Å². The molecule has 0 saturated carbocycles. The quantitative estimate of drug-likeness (QED) is 0.796. The summed E-state index contributed by atoms with van der Waals surface area (Å²) >= 11 is 4.53. The number of aliphatic carboxylic acids is 1. The number of carbonyl (C=O) groups is 2. The zero-order chi connectivity index (χ0) is 15.2. The van der Waals surface area contributed by atoms with Gasteiger partial charge < -0.3 is 5.11 Å². The molecule has 0 fully saturated rings. The minimum atomic E-state index is -0.951. The minimum absolute atomic E-state index is 0.152. The first kappa shape index (κ1) is 15.4. The van der Waals surface area contributed by atoms with Gasteiger partial charge in [0, 0.05) is 15.9 Å². The van der Waals surface area contributed by atoms with Crippen molar-refractivity contribution in [3.63, 3.8) is 0 Å². The molecule has 1 aromatic heterocycles. The Kier molecular flexibility index (Phi) is 5.24. The molecule has 2 aromatic rings. The van der Waals surface area contributed by atoms with Crippen LogP contribution in [0, 0.1) is 0 Å². The van der Waals surface area contributed by atoms with E-state index in [1.807, 2.05) is 24.3 Å². The second kappa shape index (κ2) is 7.14. The Labute approximate surface area is 133 Å². The van der Waals surface area contributed by atoms with Crippen molar-refractivity contribution < 1.29 is 14.7 Å². The van der Waals surface area contributed by atoms with Gasteiger partial charge in [-0.1, -0.05) is 28.1 Å². The topological polar surface area (TPSA) is 79.3 Å². The lowest BCUT2D eigenvalue weighted by Crippen LogP contribution is -2.08. The third-order valence-electron chi connectivity index (χ3n) is 2.41. The zero-order valence-electron chi connectivity index (χ0n) is 10.7. The number of nitrogens with one attached hydrogen (secondary N) is 1. The Morgan fingerprint density at radius 2 is 2.05 bits per heavy atom. The van der Waals surface area contributed by atoms with Gasteiger partial charge in [-0.3, -0.25) is 14.9 Å². The van der Waals surface area contributed by atoms with Crippen molar-refractivity contribution in [3.05, 3.63) is 51.5 Å². The first-order valence-electron chi connectivity index (χ1n) is 5.94. The van der Waals surface area contributed by atoms with Gasteiger partial charge in [-0.25, -0.2) is 4.98 Å². The fraction of sp³-hybridized carbons (Fsp3) is 0.0714. The van der Waals surface area contributed by atoms with Crippen LogP contribution in [0.2, 0.25) is 0 Å². The third kappa shape index (κ3) is 5.13. The van der Waals surface area contributed by atoms with E-state index in [2.05, 4.69) is 26.2 Å². The number of hydrogen-bond donors (Lipinski definition) is 2. The normalized spacial score (nSPS) is 10.7. The molecule has 0 aliphatic rings. The van der Waals surface area contributed by atoms with Crippen LogP contribution in [-0.4, -0.2) is 22.0 Å². The van der Waals surface area contributed by atoms with E-state index in [0.29, 0.717) is 10.8 Å². The summed E-state index contributed by atoms with van der Waals surface area (Å²) < 4.78 is 0.970. The molecule has 21 heavy (non-hydrogen) atoms. The summed E-state index contributed by atoms with van der Waals surface area (Å²) in [6.07, 6.45) is 2.94. The zero-order valence-corrected chi connectivity index (χ0v) is 13.1. The molecule has 2 N–H and O–H groups in total. The molecule has 7 heteroatoms. The van der Waals surface area contributed by atoms with Crippen LogP contribution in [0.15, 0.2) is 40.2 Å². The molecule has 1 heterocycles. The smallest absolute Gasteiger partial charge is 0.309 e. The summed E-state index contributed by atoms with van der Waals surface area (Å²) in [4.78, 5) is 26.3.